The van der Waals surface area contributed by atoms with Crippen molar-refractivity contribution in [2.75, 3.05) is 0 Å². The van der Waals surface area contributed by atoms with Crippen LogP contribution in [0.1, 0.15) is 42.7 Å². The van der Waals surface area contributed by atoms with E-state index < -0.39 is 18.0 Å². The molecule has 130 valence electrons. The van der Waals surface area contributed by atoms with Gasteiger partial charge < -0.3 is 20.1 Å². The second-order valence-corrected chi connectivity index (χ2v) is 6.34. The van der Waals surface area contributed by atoms with Gasteiger partial charge in [-0.1, -0.05) is 42.0 Å². The van der Waals surface area contributed by atoms with Crippen LogP contribution in [-0.2, 0) is 11.2 Å². The van der Waals surface area contributed by atoms with Gasteiger partial charge in [-0.15, -0.1) is 0 Å². The number of carbonyl (C=O) groups is 1. The summed E-state index contributed by atoms with van der Waals surface area (Å²) in [6, 6.07) is 9.97. The lowest BCUT2D eigenvalue weighted by molar-refractivity contribution is -0.137. The normalized spacial score (nSPS) is 19.1. The smallest absolute Gasteiger partial charge is 0.211 e. The van der Waals surface area contributed by atoms with Crippen LogP contribution in [0.4, 0.5) is 0 Å². The Balaban J connectivity index is 2.14. The van der Waals surface area contributed by atoms with Gasteiger partial charge in [0.15, 0.2) is 6.10 Å². The van der Waals surface area contributed by atoms with E-state index in [9.17, 15) is 20.1 Å². The predicted octanol–water partition coefficient (Wildman–Crippen LogP) is 3.34. The van der Waals surface area contributed by atoms with Crippen LogP contribution < -0.4 is 4.74 Å². The highest BCUT2D eigenvalue weighted by Crippen LogP contribution is 2.48. The minimum absolute atomic E-state index is 0.00661. The molecule has 3 rings (SSSR count). The molecule has 5 heteroatoms. The summed E-state index contributed by atoms with van der Waals surface area (Å²) < 4.78 is 5.87. The van der Waals surface area contributed by atoms with Crippen LogP contribution in [0, 0.1) is 0 Å². The molecule has 0 radical (unpaired) electrons. The van der Waals surface area contributed by atoms with Crippen molar-refractivity contribution >= 4 is 5.78 Å². The monoisotopic (exact) mass is 340 g/mol. The van der Waals surface area contributed by atoms with E-state index in [1.807, 2.05) is 26.0 Å². The van der Waals surface area contributed by atoms with Gasteiger partial charge in [-0.2, -0.15) is 0 Å². The number of aromatic hydroxyl groups is 2. The summed E-state index contributed by atoms with van der Waals surface area (Å²) in [4.78, 5) is 12.5. The van der Waals surface area contributed by atoms with Gasteiger partial charge in [-0.05, 0) is 25.8 Å². The summed E-state index contributed by atoms with van der Waals surface area (Å²) >= 11 is 0. The van der Waals surface area contributed by atoms with Crippen molar-refractivity contribution in [2.45, 2.75) is 32.5 Å². The van der Waals surface area contributed by atoms with E-state index >= 15 is 0 Å². The number of phenols is 2. The third-order valence-corrected chi connectivity index (χ3v) is 4.23. The molecular weight excluding hydrogens is 320 g/mol. The molecule has 1 heterocycles. The average Bonchev–Trinajstić information content (AvgIpc) is 2.57. The summed E-state index contributed by atoms with van der Waals surface area (Å²) in [5.74, 6) is -0.883. The summed E-state index contributed by atoms with van der Waals surface area (Å²) in [7, 11) is 0. The number of hydrogen-bond donors (Lipinski definition) is 3. The lowest BCUT2D eigenvalue weighted by Crippen LogP contribution is -2.30. The van der Waals surface area contributed by atoms with E-state index in [1.54, 1.807) is 24.3 Å². The number of Topliss-reactive ketones (excluding diaryl/α,β-unsaturated/α-hetero) is 1. The van der Waals surface area contributed by atoms with E-state index in [1.165, 1.54) is 0 Å². The number of benzene rings is 2. The van der Waals surface area contributed by atoms with Crippen LogP contribution in [-0.4, -0.2) is 21.1 Å². The number of hydrogen-bond acceptors (Lipinski definition) is 5. The summed E-state index contributed by atoms with van der Waals surface area (Å²) in [6.07, 6.45) is -0.245. The van der Waals surface area contributed by atoms with E-state index in [0.29, 0.717) is 17.5 Å². The Kier molecular flexibility index (Phi) is 4.51. The number of phenolic OH excluding ortho intramolecular Hbond substituents is 2. The molecule has 0 saturated carbocycles. The first-order valence-electron chi connectivity index (χ1n) is 8.04. The van der Waals surface area contributed by atoms with Crippen LogP contribution in [0.25, 0.3) is 0 Å². The highest BCUT2D eigenvalue weighted by Gasteiger charge is 2.40. The van der Waals surface area contributed by atoms with Crippen LogP contribution >= 0.6 is 0 Å². The second kappa shape index (κ2) is 6.61. The predicted molar refractivity (Wildman–Crippen MR) is 92.7 cm³/mol. The average molecular weight is 340 g/mol. The van der Waals surface area contributed by atoms with E-state index in [0.717, 1.165) is 11.6 Å². The second-order valence-electron chi connectivity index (χ2n) is 6.34. The molecule has 25 heavy (non-hydrogen) atoms. The molecule has 0 spiro atoms. The van der Waals surface area contributed by atoms with Crippen molar-refractivity contribution in [1.82, 2.24) is 0 Å². The number of ketones is 1. The first-order chi connectivity index (χ1) is 11.9. The molecule has 0 amide bonds. The maximum atomic E-state index is 12.5. The van der Waals surface area contributed by atoms with Gasteiger partial charge in [0, 0.05) is 11.6 Å². The molecule has 2 aromatic rings. The Labute approximate surface area is 145 Å². The fraction of sp³-hybridized carbons (Fsp3) is 0.250. The maximum Gasteiger partial charge on any atom is 0.211 e. The first kappa shape index (κ1) is 17.0. The summed E-state index contributed by atoms with van der Waals surface area (Å²) in [6.45, 7) is 3.85. The van der Waals surface area contributed by atoms with Crippen LogP contribution in [0.15, 0.2) is 48.0 Å². The number of ether oxygens (including phenoxy) is 1. The molecule has 5 nitrogen and oxygen atoms in total. The van der Waals surface area contributed by atoms with Crippen molar-refractivity contribution < 1.29 is 24.9 Å². The zero-order chi connectivity index (χ0) is 18.1. The summed E-state index contributed by atoms with van der Waals surface area (Å²) in [5, 5.41) is 30.8. The van der Waals surface area contributed by atoms with Gasteiger partial charge in [0.25, 0.3) is 0 Å². The molecule has 0 aliphatic carbocycles. The van der Waals surface area contributed by atoms with Gasteiger partial charge >= 0.3 is 0 Å². The Morgan fingerprint density at radius 1 is 1.16 bits per heavy atom. The Bertz CT molecular complexity index is 835. The molecule has 0 aromatic heterocycles. The fourth-order valence-electron chi connectivity index (χ4n) is 2.91. The quantitative estimate of drug-likeness (QED) is 0.746. The van der Waals surface area contributed by atoms with Crippen molar-refractivity contribution in [3.05, 3.63) is 64.7 Å². The molecular formula is C20H20O5. The van der Waals surface area contributed by atoms with Gasteiger partial charge in [-0.25, -0.2) is 0 Å². The molecule has 1 aliphatic heterocycles. The third-order valence-electron chi connectivity index (χ3n) is 4.23. The molecule has 0 bridgehead atoms. The summed E-state index contributed by atoms with van der Waals surface area (Å²) in [5.41, 5.74) is 2.09. The van der Waals surface area contributed by atoms with Crippen LogP contribution in [0.3, 0.4) is 0 Å². The fourth-order valence-corrected chi connectivity index (χ4v) is 2.91. The zero-order valence-electron chi connectivity index (χ0n) is 14.1. The van der Waals surface area contributed by atoms with Crippen molar-refractivity contribution in [1.29, 1.82) is 0 Å². The number of carbonyl (C=O) groups excluding carboxylic acids is 1. The van der Waals surface area contributed by atoms with Crippen molar-refractivity contribution in [3.63, 3.8) is 0 Å². The lowest BCUT2D eigenvalue weighted by Gasteiger charge is -2.31. The number of aliphatic hydroxyl groups is 1. The highest BCUT2D eigenvalue weighted by molar-refractivity contribution is 5.93. The zero-order valence-corrected chi connectivity index (χ0v) is 14.1. The van der Waals surface area contributed by atoms with E-state index in [-0.39, 0.29) is 22.8 Å². The molecule has 3 N–H and O–H groups in total. The van der Waals surface area contributed by atoms with Crippen molar-refractivity contribution in [2.24, 2.45) is 0 Å². The Morgan fingerprint density at radius 3 is 2.48 bits per heavy atom. The maximum absolute atomic E-state index is 12.5. The number of rotatable bonds is 3. The minimum Gasteiger partial charge on any atom is -0.507 e. The SMILES string of the molecule is CC(C)=CCc1c(O)cc(O)c2c1OC(c1ccccc1)C(=O)C2O. The topological polar surface area (TPSA) is 87.0 Å². The molecule has 1 aliphatic rings. The Hall–Kier alpha value is -2.79. The third kappa shape index (κ3) is 3.10. The van der Waals surface area contributed by atoms with Gasteiger partial charge in [0.2, 0.25) is 5.78 Å². The molecule has 0 saturated heterocycles. The van der Waals surface area contributed by atoms with Gasteiger partial charge in [0.05, 0.1) is 5.56 Å². The van der Waals surface area contributed by atoms with Crippen LogP contribution in [0.5, 0.6) is 17.2 Å². The first-order valence-corrected chi connectivity index (χ1v) is 8.04. The minimum atomic E-state index is -1.51. The largest absolute Gasteiger partial charge is 0.507 e. The molecule has 2 unspecified atom stereocenters. The number of aliphatic hydroxyl groups excluding tert-OH is 1. The number of allylic oxidation sites excluding steroid dienone is 2. The highest BCUT2D eigenvalue weighted by atomic mass is 16.5. The van der Waals surface area contributed by atoms with E-state index in [2.05, 4.69) is 0 Å². The van der Waals surface area contributed by atoms with Crippen LogP contribution in [0.2, 0.25) is 0 Å². The molecule has 2 atom stereocenters. The standard InChI is InChI=1S/C20H20O5/c1-11(2)8-9-13-14(21)10-15(22)16-17(23)18(24)19(25-20(13)16)12-6-4-3-5-7-12/h3-8,10,17,19,21-23H,9H2,1-2H3. The Morgan fingerprint density at radius 2 is 1.84 bits per heavy atom. The van der Waals surface area contributed by atoms with E-state index in [4.69, 9.17) is 4.74 Å². The lowest BCUT2D eigenvalue weighted by atomic mass is 9.90. The van der Waals surface area contributed by atoms with Gasteiger partial charge in [0.1, 0.15) is 23.4 Å². The number of fused-ring (bicyclic) bond motifs is 1. The molecule has 2 aromatic carbocycles. The molecule has 0 fully saturated rings. The van der Waals surface area contributed by atoms with Gasteiger partial charge in [-0.3, -0.25) is 4.79 Å². The van der Waals surface area contributed by atoms with Crippen molar-refractivity contribution in [3.8, 4) is 17.2 Å².